The summed E-state index contributed by atoms with van der Waals surface area (Å²) in [7, 11) is 8.49. The summed E-state index contributed by atoms with van der Waals surface area (Å²) < 4.78 is 31.3. The Morgan fingerprint density at radius 1 is 0.621 bits per heavy atom. The third kappa shape index (κ3) is 4.53. The van der Waals surface area contributed by atoms with E-state index in [-0.39, 0.29) is 17.5 Å². The summed E-state index contributed by atoms with van der Waals surface area (Å²) in [6.45, 7) is 0. The van der Waals surface area contributed by atoms with Gasteiger partial charge in [0.15, 0.2) is 0 Å². The van der Waals surface area contributed by atoms with Gasteiger partial charge in [-0.3, -0.25) is 0 Å². The van der Waals surface area contributed by atoms with Crippen molar-refractivity contribution in [1.29, 1.82) is 0 Å². The third-order valence-electron chi connectivity index (χ3n) is 4.44. The number of esters is 2. The molecule has 0 saturated heterocycles. The number of hydrogen-bond acceptors (Lipinski definition) is 8. The zero-order chi connectivity index (χ0) is 21.6. The van der Waals surface area contributed by atoms with Crippen LogP contribution in [-0.4, -0.2) is 54.6 Å². The van der Waals surface area contributed by atoms with Gasteiger partial charge < -0.3 is 28.4 Å². The van der Waals surface area contributed by atoms with Gasteiger partial charge in [0.2, 0.25) is 0 Å². The quantitative estimate of drug-likeness (QED) is 0.621. The Morgan fingerprint density at radius 3 is 1.28 bits per heavy atom. The Hall–Kier alpha value is -3.42. The van der Waals surface area contributed by atoms with Crippen molar-refractivity contribution >= 4 is 11.9 Å². The lowest BCUT2D eigenvalue weighted by atomic mass is 9.94. The van der Waals surface area contributed by atoms with Crippen LogP contribution in [-0.2, 0) is 15.9 Å². The number of carbonyl (C=O) groups is 2. The first-order valence-electron chi connectivity index (χ1n) is 8.60. The highest BCUT2D eigenvalue weighted by molar-refractivity contribution is 5.94. The normalized spacial score (nSPS) is 10.1. The van der Waals surface area contributed by atoms with Gasteiger partial charge in [0, 0.05) is 29.7 Å². The van der Waals surface area contributed by atoms with Crippen LogP contribution in [0.1, 0.15) is 31.8 Å². The second kappa shape index (κ2) is 9.68. The van der Waals surface area contributed by atoms with E-state index >= 15 is 0 Å². The van der Waals surface area contributed by atoms with Crippen molar-refractivity contribution in [3.63, 3.8) is 0 Å². The highest BCUT2D eigenvalue weighted by atomic mass is 16.5. The summed E-state index contributed by atoms with van der Waals surface area (Å²) in [5.41, 5.74) is 1.51. The molecule has 0 aliphatic heterocycles. The fraction of sp³-hybridized carbons (Fsp3) is 0.333. The molecular formula is C21H24O8. The van der Waals surface area contributed by atoms with E-state index in [0.717, 1.165) is 0 Å². The van der Waals surface area contributed by atoms with Crippen molar-refractivity contribution in [2.75, 3.05) is 42.7 Å². The first kappa shape index (κ1) is 21.9. The van der Waals surface area contributed by atoms with Gasteiger partial charge >= 0.3 is 11.9 Å². The van der Waals surface area contributed by atoms with Gasteiger partial charge in [0.25, 0.3) is 0 Å². The van der Waals surface area contributed by atoms with Crippen LogP contribution in [0.15, 0.2) is 24.3 Å². The van der Waals surface area contributed by atoms with Gasteiger partial charge in [-0.2, -0.15) is 0 Å². The second-order valence-corrected chi connectivity index (χ2v) is 5.87. The average molecular weight is 404 g/mol. The van der Waals surface area contributed by atoms with Crippen LogP contribution in [0.4, 0.5) is 0 Å². The molecule has 0 aliphatic carbocycles. The predicted molar refractivity (Wildman–Crippen MR) is 105 cm³/mol. The molecule has 0 aromatic heterocycles. The molecule has 0 amide bonds. The maximum atomic E-state index is 12.4. The van der Waals surface area contributed by atoms with E-state index in [2.05, 4.69) is 0 Å². The molecule has 0 bridgehead atoms. The number of ether oxygens (including phenoxy) is 6. The van der Waals surface area contributed by atoms with E-state index in [1.807, 2.05) is 0 Å². The van der Waals surface area contributed by atoms with Crippen LogP contribution in [0.2, 0.25) is 0 Å². The van der Waals surface area contributed by atoms with Gasteiger partial charge in [0.1, 0.15) is 23.0 Å². The molecule has 0 radical (unpaired) electrons. The summed E-state index contributed by atoms with van der Waals surface area (Å²) in [5, 5.41) is 0. The Labute approximate surface area is 169 Å². The van der Waals surface area contributed by atoms with E-state index in [0.29, 0.717) is 34.1 Å². The Kier molecular flexibility index (Phi) is 7.30. The first-order chi connectivity index (χ1) is 13.9. The molecule has 8 nitrogen and oxygen atoms in total. The Balaban J connectivity index is 2.75. The van der Waals surface area contributed by atoms with Crippen molar-refractivity contribution in [2.45, 2.75) is 6.42 Å². The van der Waals surface area contributed by atoms with Crippen LogP contribution >= 0.6 is 0 Å². The molecule has 0 heterocycles. The highest BCUT2D eigenvalue weighted by Crippen LogP contribution is 2.36. The number of rotatable bonds is 8. The Morgan fingerprint density at radius 2 is 1.00 bits per heavy atom. The molecule has 0 unspecified atom stereocenters. The molecule has 0 atom stereocenters. The van der Waals surface area contributed by atoms with Crippen molar-refractivity contribution < 1.29 is 38.0 Å². The van der Waals surface area contributed by atoms with Crippen LogP contribution in [0.5, 0.6) is 23.0 Å². The van der Waals surface area contributed by atoms with Crippen LogP contribution in [0, 0.1) is 0 Å². The fourth-order valence-electron chi connectivity index (χ4n) is 2.97. The molecule has 0 saturated carbocycles. The molecule has 156 valence electrons. The Bertz CT molecular complexity index is 831. The van der Waals surface area contributed by atoms with Crippen molar-refractivity contribution in [2.24, 2.45) is 0 Å². The van der Waals surface area contributed by atoms with Gasteiger partial charge in [-0.15, -0.1) is 0 Å². The molecule has 2 aromatic carbocycles. The van der Waals surface area contributed by atoms with E-state index in [9.17, 15) is 9.59 Å². The molecule has 0 spiro atoms. The van der Waals surface area contributed by atoms with Crippen LogP contribution in [0.3, 0.4) is 0 Å². The van der Waals surface area contributed by atoms with Crippen molar-refractivity contribution in [1.82, 2.24) is 0 Å². The minimum atomic E-state index is -0.565. The standard InChI is InChI=1S/C21H24O8/c1-24-12-7-16(20(22)28-5)14(18(9-12)26-3)11-15-17(21(23)29-6)8-13(25-2)10-19(15)27-4/h7-10H,11H2,1-6H3. The lowest BCUT2D eigenvalue weighted by molar-refractivity contribution is 0.0591. The summed E-state index contributed by atoms with van der Waals surface area (Å²) >= 11 is 0. The van der Waals surface area contributed by atoms with Crippen molar-refractivity contribution in [3.05, 3.63) is 46.5 Å². The number of methoxy groups -OCH3 is 6. The lowest BCUT2D eigenvalue weighted by Gasteiger charge is -2.18. The van der Waals surface area contributed by atoms with Gasteiger partial charge in [-0.1, -0.05) is 0 Å². The first-order valence-corrected chi connectivity index (χ1v) is 8.60. The van der Waals surface area contributed by atoms with E-state index in [1.54, 1.807) is 24.3 Å². The van der Waals surface area contributed by atoms with E-state index < -0.39 is 11.9 Å². The zero-order valence-corrected chi connectivity index (χ0v) is 17.3. The monoisotopic (exact) mass is 404 g/mol. The SMILES string of the molecule is COC(=O)c1cc(OC)cc(OC)c1Cc1c(OC)cc(OC)cc1C(=O)OC. The number of carbonyl (C=O) groups excluding carboxylic acids is 2. The maximum Gasteiger partial charge on any atom is 0.338 e. The summed E-state index contributed by atoms with van der Waals surface area (Å²) in [6, 6.07) is 6.40. The zero-order valence-electron chi connectivity index (χ0n) is 17.3. The number of benzene rings is 2. The van der Waals surface area contributed by atoms with Crippen molar-refractivity contribution in [3.8, 4) is 23.0 Å². The number of hydrogen-bond donors (Lipinski definition) is 0. The third-order valence-corrected chi connectivity index (χ3v) is 4.44. The molecule has 8 heteroatoms. The molecule has 0 N–H and O–H groups in total. The largest absolute Gasteiger partial charge is 0.497 e. The minimum absolute atomic E-state index is 0.134. The van der Waals surface area contributed by atoms with Crippen LogP contribution < -0.4 is 18.9 Å². The average Bonchev–Trinajstić information content (AvgIpc) is 2.77. The van der Waals surface area contributed by atoms with E-state index in [4.69, 9.17) is 28.4 Å². The molecular weight excluding hydrogens is 380 g/mol. The van der Waals surface area contributed by atoms with Crippen LogP contribution in [0.25, 0.3) is 0 Å². The smallest absolute Gasteiger partial charge is 0.338 e. The summed E-state index contributed by atoms with van der Waals surface area (Å²) in [4.78, 5) is 24.8. The molecule has 0 fully saturated rings. The molecule has 2 aromatic rings. The second-order valence-electron chi connectivity index (χ2n) is 5.87. The highest BCUT2D eigenvalue weighted by Gasteiger charge is 2.25. The van der Waals surface area contributed by atoms with Gasteiger partial charge in [-0.05, 0) is 12.1 Å². The topological polar surface area (TPSA) is 89.5 Å². The predicted octanol–water partition coefficient (Wildman–Crippen LogP) is 2.89. The maximum absolute atomic E-state index is 12.4. The molecule has 2 rings (SSSR count). The lowest BCUT2D eigenvalue weighted by Crippen LogP contribution is -2.12. The molecule has 29 heavy (non-hydrogen) atoms. The van der Waals surface area contributed by atoms with Gasteiger partial charge in [-0.25, -0.2) is 9.59 Å². The summed E-state index contributed by atoms with van der Waals surface area (Å²) in [5.74, 6) is 0.534. The van der Waals surface area contributed by atoms with Gasteiger partial charge in [0.05, 0.1) is 53.8 Å². The van der Waals surface area contributed by atoms with E-state index in [1.165, 1.54) is 42.7 Å². The minimum Gasteiger partial charge on any atom is -0.497 e. The summed E-state index contributed by atoms with van der Waals surface area (Å²) in [6.07, 6.45) is 0.134. The fourth-order valence-corrected chi connectivity index (χ4v) is 2.97. The molecule has 0 aliphatic rings.